The van der Waals surface area contributed by atoms with Crippen molar-refractivity contribution in [1.82, 2.24) is 0 Å². The molecule has 16 heavy (non-hydrogen) atoms. The van der Waals surface area contributed by atoms with Gasteiger partial charge in [-0.25, -0.2) is 0 Å². The van der Waals surface area contributed by atoms with Gasteiger partial charge in [-0.2, -0.15) is 0 Å². The van der Waals surface area contributed by atoms with Crippen molar-refractivity contribution in [2.24, 2.45) is 0 Å². The number of ether oxygens (including phenoxy) is 1. The maximum atomic E-state index is 11.5. The van der Waals surface area contributed by atoms with Crippen LogP contribution in [0.3, 0.4) is 0 Å². The second kappa shape index (κ2) is 7.49. The van der Waals surface area contributed by atoms with E-state index in [0.717, 1.165) is 28.7 Å². The first kappa shape index (κ1) is 13.3. The number of rotatable bonds is 6. The second-order valence-electron chi connectivity index (χ2n) is 3.42. The van der Waals surface area contributed by atoms with Gasteiger partial charge in [-0.15, -0.1) is 0 Å². The Balaban J connectivity index is 2.37. The summed E-state index contributed by atoms with van der Waals surface area (Å²) in [7, 11) is 1.62. The molecule has 0 heterocycles. The molecule has 1 aromatic carbocycles. The molecule has 1 rings (SSSR count). The summed E-state index contributed by atoms with van der Waals surface area (Å²) in [6, 6.07) is 7.35. The number of unbranched alkanes of at least 4 members (excludes halogenated alkanes) is 1. The fourth-order valence-corrected chi connectivity index (χ4v) is 1.82. The molecule has 0 spiro atoms. The average Bonchev–Trinajstić information content (AvgIpc) is 2.30. The topological polar surface area (TPSA) is 38.3 Å². The van der Waals surface area contributed by atoms with Crippen molar-refractivity contribution in [3.8, 4) is 5.75 Å². The minimum atomic E-state index is 0.0787. The van der Waals surface area contributed by atoms with E-state index < -0.39 is 0 Å². The number of amides is 1. The minimum Gasteiger partial charge on any atom is -0.497 e. The van der Waals surface area contributed by atoms with E-state index in [1.807, 2.05) is 24.3 Å². The summed E-state index contributed by atoms with van der Waals surface area (Å²) in [4.78, 5) is 11.5. The van der Waals surface area contributed by atoms with Crippen molar-refractivity contribution < 1.29 is 9.53 Å². The van der Waals surface area contributed by atoms with E-state index in [1.54, 1.807) is 7.11 Å². The van der Waals surface area contributed by atoms with E-state index in [4.69, 9.17) is 4.74 Å². The number of anilines is 1. The Labute approximate surface area is 110 Å². The largest absolute Gasteiger partial charge is 0.497 e. The normalized spacial score (nSPS) is 9.88. The van der Waals surface area contributed by atoms with E-state index in [0.29, 0.717) is 6.42 Å². The van der Waals surface area contributed by atoms with Crippen molar-refractivity contribution in [3.63, 3.8) is 0 Å². The van der Waals surface area contributed by atoms with Crippen LogP contribution in [-0.4, -0.2) is 17.4 Å². The number of hydrogen-bond donors (Lipinski definition) is 1. The highest BCUT2D eigenvalue weighted by Crippen LogP contribution is 2.15. The van der Waals surface area contributed by atoms with Crippen molar-refractivity contribution in [2.75, 3.05) is 16.9 Å². The molecule has 0 radical (unpaired) electrons. The van der Waals surface area contributed by atoms with E-state index >= 15 is 0 Å². The van der Waals surface area contributed by atoms with Crippen LogP contribution in [0.15, 0.2) is 24.3 Å². The number of carbonyl (C=O) groups excluding carboxylic acids is 1. The summed E-state index contributed by atoms with van der Waals surface area (Å²) >= 11 is 2.32. The zero-order valence-electron chi connectivity index (χ0n) is 9.33. The summed E-state index contributed by atoms with van der Waals surface area (Å²) in [5.41, 5.74) is 0.820. The Morgan fingerprint density at radius 1 is 1.31 bits per heavy atom. The van der Waals surface area contributed by atoms with E-state index in [2.05, 4.69) is 27.9 Å². The lowest BCUT2D eigenvalue weighted by Crippen LogP contribution is -2.10. The molecule has 0 saturated carbocycles. The lowest BCUT2D eigenvalue weighted by Gasteiger charge is -2.05. The maximum absolute atomic E-state index is 11.5. The maximum Gasteiger partial charge on any atom is 0.224 e. The molecule has 0 aliphatic rings. The molecule has 88 valence electrons. The molecule has 0 aromatic heterocycles. The van der Waals surface area contributed by atoms with Crippen LogP contribution in [0.25, 0.3) is 0 Å². The Morgan fingerprint density at radius 2 is 2.00 bits per heavy atom. The van der Waals surface area contributed by atoms with Gasteiger partial charge in [0.2, 0.25) is 5.91 Å². The molecule has 0 aliphatic carbocycles. The first-order chi connectivity index (χ1) is 7.76. The van der Waals surface area contributed by atoms with Crippen LogP contribution in [0.2, 0.25) is 0 Å². The molecular weight excluding hydrogens is 317 g/mol. The predicted octanol–water partition coefficient (Wildman–Crippen LogP) is 3.24. The summed E-state index contributed by atoms with van der Waals surface area (Å²) in [6.07, 6.45) is 2.64. The number of benzene rings is 1. The zero-order valence-corrected chi connectivity index (χ0v) is 11.5. The van der Waals surface area contributed by atoms with Crippen LogP contribution in [0.1, 0.15) is 19.3 Å². The molecule has 0 bridgehead atoms. The van der Waals surface area contributed by atoms with Crippen molar-refractivity contribution in [1.29, 1.82) is 0 Å². The zero-order chi connectivity index (χ0) is 11.8. The number of nitrogens with one attached hydrogen (secondary N) is 1. The third kappa shape index (κ3) is 4.83. The molecule has 3 nitrogen and oxygen atoms in total. The molecule has 0 atom stereocenters. The molecular formula is C12H16INO2. The van der Waals surface area contributed by atoms with Gasteiger partial charge in [-0.05, 0) is 41.5 Å². The first-order valence-electron chi connectivity index (χ1n) is 5.26. The fraction of sp³-hybridized carbons (Fsp3) is 0.417. The van der Waals surface area contributed by atoms with Crippen molar-refractivity contribution in [3.05, 3.63) is 24.3 Å². The number of carbonyl (C=O) groups is 1. The minimum absolute atomic E-state index is 0.0787. The van der Waals surface area contributed by atoms with Crippen LogP contribution >= 0.6 is 22.6 Å². The quantitative estimate of drug-likeness (QED) is 0.493. The number of alkyl halides is 1. The van der Waals surface area contributed by atoms with Gasteiger partial charge < -0.3 is 10.1 Å². The van der Waals surface area contributed by atoms with Gasteiger partial charge in [0.05, 0.1) is 7.11 Å². The highest BCUT2D eigenvalue weighted by atomic mass is 127. The van der Waals surface area contributed by atoms with Crippen molar-refractivity contribution in [2.45, 2.75) is 19.3 Å². The van der Waals surface area contributed by atoms with E-state index in [9.17, 15) is 4.79 Å². The van der Waals surface area contributed by atoms with Gasteiger partial charge in [-0.3, -0.25) is 4.79 Å². The molecule has 1 aromatic rings. The SMILES string of the molecule is COc1ccc(NC(=O)CCCCI)cc1. The average molecular weight is 333 g/mol. The van der Waals surface area contributed by atoms with Crippen LogP contribution in [0.4, 0.5) is 5.69 Å². The van der Waals surface area contributed by atoms with Gasteiger partial charge >= 0.3 is 0 Å². The highest BCUT2D eigenvalue weighted by Gasteiger charge is 2.01. The number of halogens is 1. The highest BCUT2D eigenvalue weighted by molar-refractivity contribution is 14.1. The summed E-state index contributed by atoms with van der Waals surface area (Å²) in [5.74, 6) is 0.873. The Morgan fingerprint density at radius 3 is 2.56 bits per heavy atom. The van der Waals surface area contributed by atoms with E-state index in [1.165, 1.54) is 0 Å². The Kier molecular flexibility index (Phi) is 6.22. The lowest BCUT2D eigenvalue weighted by atomic mass is 10.2. The standard InChI is InChI=1S/C12H16INO2/c1-16-11-7-5-10(6-8-11)14-12(15)4-2-3-9-13/h5-8H,2-4,9H2,1H3,(H,14,15). The third-order valence-corrected chi connectivity index (χ3v) is 2.92. The smallest absolute Gasteiger partial charge is 0.224 e. The van der Waals surface area contributed by atoms with Crippen LogP contribution < -0.4 is 10.1 Å². The number of methoxy groups -OCH3 is 1. The monoisotopic (exact) mass is 333 g/mol. The number of hydrogen-bond acceptors (Lipinski definition) is 2. The molecule has 1 amide bonds. The van der Waals surface area contributed by atoms with E-state index in [-0.39, 0.29) is 5.91 Å². The molecule has 4 heteroatoms. The second-order valence-corrected chi connectivity index (χ2v) is 4.50. The van der Waals surface area contributed by atoms with Gasteiger partial charge in [0, 0.05) is 12.1 Å². The summed E-state index contributed by atoms with van der Waals surface area (Å²) in [6.45, 7) is 0. The fourth-order valence-electron chi connectivity index (χ4n) is 1.28. The third-order valence-electron chi connectivity index (χ3n) is 2.16. The van der Waals surface area contributed by atoms with Crippen LogP contribution in [0, 0.1) is 0 Å². The lowest BCUT2D eigenvalue weighted by molar-refractivity contribution is -0.116. The van der Waals surface area contributed by atoms with Gasteiger partial charge in [0.1, 0.15) is 5.75 Å². The molecule has 0 saturated heterocycles. The van der Waals surface area contributed by atoms with Gasteiger partial charge in [-0.1, -0.05) is 22.6 Å². The molecule has 0 aliphatic heterocycles. The predicted molar refractivity (Wildman–Crippen MR) is 74.4 cm³/mol. The first-order valence-corrected chi connectivity index (χ1v) is 6.78. The molecule has 0 unspecified atom stereocenters. The summed E-state index contributed by atoms with van der Waals surface area (Å²) < 4.78 is 6.14. The van der Waals surface area contributed by atoms with Crippen LogP contribution in [0.5, 0.6) is 5.75 Å². The Hall–Kier alpha value is -0.780. The van der Waals surface area contributed by atoms with Crippen LogP contribution in [-0.2, 0) is 4.79 Å². The van der Waals surface area contributed by atoms with Gasteiger partial charge in [0.25, 0.3) is 0 Å². The summed E-state index contributed by atoms with van der Waals surface area (Å²) in [5, 5.41) is 2.86. The van der Waals surface area contributed by atoms with Gasteiger partial charge in [0.15, 0.2) is 0 Å². The Bertz CT molecular complexity index is 324. The molecule has 0 fully saturated rings. The molecule has 1 N–H and O–H groups in total. The van der Waals surface area contributed by atoms with Crippen molar-refractivity contribution >= 4 is 34.2 Å².